The van der Waals surface area contributed by atoms with E-state index in [4.69, 9.17) is 4.74 Å². The van der Waals surface area contributed by atoms with Gasteiger partial charge in [0.1, 0.15) is 11.4 Å². The minimum Gasteiger partial charge on any atom is -0.497 e. The Morgan fingerprint density at radius 1 is 1.19 bits per heavy atom. The summed E-state index contributed by atoms with van der Waals surface area (Å²) in [5.74, 6) is 0.591. The summed E-state index contributed by atoms with van der Waals surface area (Å²) < 4.78 is 5.22. The lowest BCUT2D eigenvalue weighted by Crippen LogP contribution is -2.25. The molecule has 0 saturated carbocycles. The van der Waals surface area contributed by atoms with Crippen LogP contribution in [0.2, 0.25) is 0 Å². The molecule has 0 unspecified atom stereocenters. The molecule has 1 aromatic carbocycles. The average molecular weight is 353 g/mol. The Morgan fingerprint density at radius 3 is 2.77 bits per heavy atom. The van der Waals surface area contributed by atoms with E-state index < -0.39 is 0 Å². The number of nitrogens with zero attached hydrogens (tertiary/aromatic N) is 2. The molecule has 2 aromatic heterocycles. The highest BCUT2D eigenvalue weighted by molar-refractivity contribution is 5.93. The fourth-order valence-corrected chi connectivity index (χ4v) is 2.87. The quantitative estimate of drug-likeness (QED) is 0.569. The van der Waals surface area contributed by atoms with E-state index in [1.807, 2.05) is 38.1 Å². The summed E-state index contributed by atoms with van der Waals surface area (Å²) in [4.78, 5) is 12.3. The van der Waals surface area contributed by atoms with Crippen LogP contribution in [0.15, 0.2) is 30.3 Å². The van der Waals surface area contributed by atoms with E-state index >= 15 is 0 Å². The van der Waals surface area contributed by atoms with Crippen molar-refractivity contribution in [2.24, 2.45) is 0 Å². The summed E-state index contributed by atoms with van der Waals surface area (Å²) in [6.45, 7) is 4.59. The van der Waals surface area contributed by atoms with Gasteiger partial charge >= 0.3 is 0 Å². The molecule has 136 valence electrons. The lowest BCUT2D eigenvalue weighted by atomic mass is 10.1. The van der Waals surface area contributed by atoms with Crippen LogP contribution < -0.4 is 10.1 Å². The second kappa shape index (κ2) is 7.86. The van der Waals surface area contributed by atoms with Gasteiger partial charge < -0.3 is 10.1 Å². The molecule has 7 nitrogen and oxygen atoms in total. The van der Waals surface area contributed by atoms with Crippen molar-refractivity contribution in [2.75, 3.05) is 13.7 Å². The smallest absolute Gasteiger partial charge is 0.269 e. The fourth-order valence-electron chi connectivity index (χ4n) is 2.87. The minimum atomic E-state index is -0.160. The van der Waals surface area contributed by atoms with Gasteiger partial charge in [0.15, 0.2) is 0 Å². The number of methoxy groups -OCH3 is 1. The Labute approximate surface area is 152 Å². The van der Waals surface area contributed by atoms with Crippen LogP contribution in [0.1, 0.15) is 33.9 Å². The Hall–Kier alpha value is -3.09. The molecule has 1 amide bonds. The molecule has 0 spiro atoms. The first-order valence-corrected chi connectivity index (χ1v) is 8.57. The Balaban J connectivity index is 1.55. The van der Waals surface area contributed by atoms with Crippen molar-refractivity contribution < 1.29 is 9.53 Å². The van der Waals surface area contributed by atoms with Crippen LogP contribution in [-0.4, -0.2) is 40.0 Å². The van der Waals surface area contributed by atoms with E-state index in [0.29, 0.717) is 17.9 Å². The maximum absolute atomic E-state index is 12.3. The molecule has 0 bridgehead atoms. The van der Waals surface area contributed by atoms with Crippen molar-refractivity contribution in [1.29, 1.82) is 0 Å². The van der Waals surface area contributed by atoms with Gasteiger partial charge in [-0.3, -0.25) is 15.0 Å². The molecule has 0 saturated heterocycles. The zero-order valence-electron chi connectivity index (χ0n) is 15.2. The van der Waals surface area contributed by atoms with Crippen LogP contribution in [0.25, 0.3) is 11.3 Å². The van der Waals surface area contributed by atoms with E-state index in [9.17, 15) is 4.79 Å². The molecule has 3 rings (SSSR count). The summed E-state index contributed by atoms with van der Waals surface area (Å²) in [7, 11) is 1.62. The molecular weight excluding hydrogens is 330 g/mol. The lowest BCUT2D eigenvalue weighted by molar-refractivity contribution is 0.0948. The van der Waals surface area contributed by atoms with Crippen LogP contribution in [0.3, 0.4) is 0 Å². The molecule has 0 atom stereocenters. The minimum absolute atomic E-state index is 0.160. The number of aryl methyl sites for hydroxylation is 2. The summed E-state index contributed by atoms with van der Waals surface area (Å²) >= 11 is 0. The topological polar surface area (TPSA) is 95.7 Å². The van der Waals surface area contributed by atoms with Gasteiger partial charge in [-0.1, -0.05) is 12.1 Å². The highest BCUT2D eigenvalue weighted by atomic mass is 16.5. The first-order chi connectivity index (χ1) is 12.6. The number of H-pyrrole nitrogens is 2. The van der Waals surface area contributed by atoms with Crippen LogP contribution in [0.5, 0.6) is 5.75 Å². The van der Waals surface area contributed by atoms with Crippen molar-refractivity contribution in [2.45, 2.75) is 26.7 Å². The SMILES string of the molecule is COc1cccc(-c2cc(C(=O)NCCCc3c(C)n[nH]c3C)[nH]n2)c1. The second-order valence-corrected chi connectivity index (χ2v) is 6.17. The molecule has 0 aliphatic rings. The molecule has 0 radical (unpaired) electrons. The molecule has 2 heterocycles. The van der Waals surface area contributed by atoms with E-state index in [0.717, 1.165) is 35.5 Å². The van der Waals surface area contributed by atoms with E-state index in [1.54, 1.807) is 13.2 Å². The number of hydrogen-bond acceptors (Lipinski definition) is 4. The van der Waals surface area contributed by atoms with Gasteiger partial charge in [0.05, 0.1) is 18.5 Å². The number of hydrogen-bond donors (Lipinski definition) is 3. The fraction of sp³-hybridized carbons (Fsp3) is 0.316. The summed E-state index contributed by atoms with van der Waals surface area (Å²) in [5.41, 5.74) is 5.37. The summed E-state index contributed by atoms with van der Waals surface area (Å²) in [6, 6.07) is 9.31. The number of benzene rings is 1. The lowest BCUT2D eigenvalue weighted by Gasteiger charge is -2.04. The number of amides is 1. The molecule has 3 aromatic rings. The first kappa shape index (κ1) is 17.7. The van der Waals surface area contributed by atoms with Gasteiger partial charge in [0.2, 0.25) is 0 Å². The summed E-state index contributed by atoms with van der Waals surface area (Å²) in [5, 5.41) is 17.1. The number of aromatic amines is 2. The van der Waals surface area contributed by atoms with Gasteiger partial charge in [-0.15, -0.1) is 0 Å². The van der Waals surface area contributed by atoms with Gasteiger partial charge in [0, 0.05) is 17.8 Å². The number of aromatic nitrogens is 4. The van der Waals surface area contributed by atoms with Crippen molar-refractivity contribution in [3.05, 3.63) is 53.0 Å². The Kier molecular flexibility index (Phi) is 5.36. The van der Waals surface area contributed by atoms with Gasteiger partial charge in [-0.25, -0.2) is 0 Å². The molecule has 0 aliphatic heterocycles. The van der Waals surface area contributed by atoms with Crippen molar-refractivity contribution >= 4 is 5.91 Å². The number of ether oxygens (including phenoxy) is 1. The maximum atomic E-state index is 12.3. The van der Waals surface area contributed by atoms with E-state index in [-0.39, 0.29) is 5.91 Å². The Bertz CT molecular complexity index is 877. The standard InChI is InChI=1S/C19H23N5O2/c1-12-16(13(2)22-21-12)8-5-9-20-19(25)18-11-17(23-24-18)14-6-4-7-15(10-14)26-3/h4,6-7,10-11H,5,8-9H2,1-3H3,(H,20,25)(H,21,22)(H,23,24). The number of carbonyl (C=O) groups excluding carboxylic acids is 1. The van der Waals surface area contributed by atoms with Crippen molar-refractivity contribution in [3.8, 4) is 17.0 Å². The predicted octanol–water partition coefficient (Wildman–Crippen LogP) is 2.79. The maximum Gasteiger partial charge on any atom is 0.269 e. The van der Waals surface area contributed by atoms with Crippen LogP contribution in [-0.2, 0) is 6.42 Å². The number of nitrogens with one attached hydrogen (secondary N) is 3. The van der Waals surface area contributed by atoms with Crippen molar-refractivity contribution in [3.63, 3.8) is 0 Å². The monoisotopic (exact) mass is 353 g/mol. The van der Waals surface area contributed by atoms with Gasteiger partial charge in [0.25, 0.3) is 5.91 Å². The molecule has 7 heteroatoms. The number of carbonyl (C=O) groups is 1. The second-order valence-electron chi connectivity index (χ2n) is 6.17. The molecule has 0 fully saturated rings. The average Bonchev–Trinajstić information content (AvgIpc) is 3.27. The largest absolute Gasteiger partial charge is 0.497 e. The van der Waals surface area contributed by atoms with Crippen LogP contribution in [0.4, 0.5) is 0 Å². The zero-order valence-corrected chi connectivity index (χ0v) is 15.2. The first-order valence-electron chi connectivity index (χ1n) is 8.57. The Morgan fingerprint density at radius 2 is 2.04 bits per heavy atom. The van der Waals surface area contributed by atoms with Crippen molar-refractivity contribution in [1.82, 2.24) is 25.7 Å². The van der Waals surface area contributed by atoms with Crippen LogP contribution in [0, 0.1) is 13.8 Å². The normalized spacial score (nSPS) is 10.7. The van der Waals surface area contributed by atoms with E-state index in [2.05, 4.69) is 25.7 Å². The number of rotatable bonds is 7. The van der Waals surface area contributed by atoms with E-state index in [1.165, 1.54) is 5.56 Å². The third-order valence-corrected chi connectivity index (χ3v) is 4.36. The van der Waals surface area contributed by atoms with Gasteiger partial charge in [-0.05, 0) is 50.5 Å². The van der Waals surface area contributed by atoms with Gasteiger partial charge in [-0.2, -0.15) is 10.2 Å². The van der Waals surface area contributed by atoms with Crippen LogP contribution >= 0.6 is 0 Å². The highest BCUT2D eigenvalue weighted by Crippen LogP contribution is 2.22. The molecule has 26 heavy (non-hydrogen) atoms. The third-order valence-electron chi connectivity index (χ3n) is 4.36. The summed E-state index contributed by atoms with van der Waals surface area (Å²) in [6.07, 6.45) is 1.73. The molecular formula is C19H23N5O2. The molecule has 3 N–H and O–H groups in total. The predicted molar refractivity (Wildman–Crippen MR) is 99.3 cm³/mol. The third kappa shape index (κ3) is 3.93. The zero-order chi connectivity index (χ0) is 18.5. The highest BCUT2D eigenvalue weighted by Gasteiger charge is 2.12. The molecule has 0 aliphatic carbocycles.